The average Bonchev–Trinajstić information content (AvgIpc) is 2.97. The van der Waals surface area contributed by atoms with E-state index in [1.165, 1.54) is 16.7 Å². The Morgan fingerprint density at radius 3 is 2.91 bits per heavy atom. The molecule has 2 aromatic rings. The highest BCUT2D eigenvalue weighted by Crippen LogP contribution is 2.50. The van der Waals surface area contributed by atoms with E-state index in [0.717, 1.165) is 25.8 Å². The SMILES string of the molecule is Cc1cccc([C@@H]2C[C@@H]2C(=O)N2CCC[C@@H]2c2cnn(C)c2)c1. The van der Waals surface area contributed by atoms with Gasteiger partial charge in [0.25, 0.3) is 0 Å². The van der Waals surface area contributed by atoms with E-state index in [9.17, 15) is 4.79 Å². The average molecular weight is 309 g/mol. The Bertz CT molecular complexity index is 736. The topological polar surface area (TPSA) is 38.1 Å². The first-order chi connectivity index (χ1) is 11.1. The van der Waals surface area contributed by atoms with Crippen LogP contribution in [-0.2, 0) is 11.8 Å². The molecule has 0 spiro atoms. The van der Waals surface area contributed by atoms with Crippen LogP contribution in [0.15, 0.2) is 36.7 Å². The van der Waals surface area contributed by atoms with Gasteiger partial charge < -0.3 is 4.90 Å². The van der Waals surface area contributed by atoms with Crippen LogP contribution >= 0.6 is 0 Å². The third-order valence-corrected chi connectivity index (χ3v) is 5.22. The lowest BCUT2D eigenvalue weighted by Gasteiger charge is -2.24. The first-order valence-electron chi connectivity index (χ1n) is 8.49. The lowest BCUT2D eigenvalue weighted by molar-refractivity contribution is -0.133. The molecule has 0 unspecified atom stereocenters. The van der Waals surface area contributed by atoms with E-state index in [-0.39, 0.29) is 12.0 Å². The second-order valence-electron chi connectivity index (χ2n) is 7.00. The summed E-state index contributed by atoms with van der Waals surface area (Å²) in [5, 5.41) is 4.27. The van der Waals surface area contributed by atoms with Crippen LogP contribution in [0.5, 0.6) is 0 Å². The van der Waals surface area contributed by atoms with Gasteiger partial charge in [0.15, 0.2) is 0 Å². The van der Waals surface area contributed by atoms with E-state index >= 15 is 0 Å². The van der Waals surface area contributed by atoms with Gasteiger partial charge in [0.2, 0.25) is 5.91 Å². The van der Waals surface area contributed by atoms with E-state index in [1.54, 1.807) is 0 Å². The lowest BCUT2D eigenvalue weighted by Crippen LogP contribution is -2.32. The van der Waals surface area contributed by atoms with Crippen molar-refractivity contribution in [3.63, 3.8) is 0 Å². The minimum Gasteiger partial charge on any atom is -0.335 e. The number of carbonyl (C=O) groups excluding carboxylic acids is 1. The fourth-order valence-corrected chi connectivity index (χ4v) is 3.94. The van der Waals surface area contributed by atoms with Crippen LogP contribution < -0.4 is 0 Å². The van der Waals surface area contributed by atoms with Gasteiger partial charge in [-0.05, 0) is 37.7 Å². The highest BCUT2D eigenvalue weighted by molar-refractivity contribution is 5.83. The number of carbonyl (C=O) groups is 1. The zero-order valence-electron chi connectivity index (χ0n) is 13.8. The highest BCUT2D eigenvalue weighted by Gasteiger charge is 2.47. The minimum atomic E-state index is 0.175. The third-order valence-electron chi connectivity index (χ3n) is 5.22. The standard InChI is InChI=1S/C19H23N3O/c1-13-5-3-6-14(9-13)16-10-17(16)19(23)22-8-4-7-18(22)15-11-20-21(2)12-15/h3,5-6,9,11-12,16-18H,4,7-8,10H2,1-2H3/t16-,17-,18+/m0/s1. The molecule has 1 aromatic carbocycles. The quantitative estimate of drug-likeness (QED) is 0.873. The van der Waals surface area contributed by atoms with E-state index in [0.29, 0.717) is 11.8 Å². The van der Waals surface area contributed by atoms with Crippen molar-refractivity contribution in [2.75, 3.05) is 6.54 Å². The van der Waals surface area contributed by atoms with Gasteiger partial charge in [-0.25, -0.2) is 0 Å². The summed E-state index contributed by atoms with van der Waals surface area (Å²) < 4.78 is 1.82. The van der Waals surface area contributed by atoms with Gasteiger partial charge in [0, 0.05) is 31.3 Å². The molecule has 1 saturated carbocycles. The van der Waals surface area contributed by atoms with Crippen LogP contribution in [0.4, 0.5) is 0 Å². The fraction of sp³-hybridized carbons (Fsp3) is 0.474. The van der Waals surface area contributed by atoms with Crippen LogP contribution in [0.25, 0.3) is 0 Å². The maximum absolute atomic E-state index is 13.0. The second-order valence-corrected chi connectivity index (χ2v) is 7.00. The minimum absolute atomic E-state index is 0.175. The monoisotopic (exact) mass is 309 g/mol. The predicted octanol–water partition coefficient (Wildman–Crippen LogP) is 3.20. The molecule has 1 saturated heterocycles. The summed E-state index contributed by atoms with van der Waals surface area (Å²) in [6.45, 7) is 3.00. The molecule has 23 heavy (non-hydrogen) atoms. The Morgan fingerprint density at radius 2 is 2.17 bits per heavy atom. The van der Waals surface area contributed by atoms with Gasteiger partial charge in [0.1, 0.15) is 0 Å². The molecule has 120 valence electrons. The van der Waals surface area contributed by atoms with Crippen molar-refractivity contribution in [3.05, 3.63) is 53.3 Å². The Balaban J connectivity index is 1.49. The summed E-state index contributed by atoms with van der Waals surface area (Å²) in [5.74, 6) is 0.925. The highest BCUT2D eigenvalue weighted by atomic mass is 16.2. The Kier molecular flexibility index (Phi) is 3.47. The van der Waals surface area contributed by atoms with E-state index in [2.05, 4.69) is 41.2 Å². The van der Waals surface area contributed by atoms with Crippen LogP contribution in [-0.4, -0.2) is 27.1 Å². The van der Waals surface area contributed by atoms with Crippen molar-refractivity contribution in [3.8, 4) is 0 Å². The molecule has 2 aliphatic rings. The molecule has 3 atom stereocenters. The number of benzene rings is 1. The normalized spacial score (nSPS) is 26.5. The summed E-state index contributed by atoms with van der Waals surface area (Å²) in [6, 6.07) is 8.81. The van der Waals surface area contributed by atoms with Crippen molar-refractivity contribution in [2.24, 2.45) is 13.0 Å². The number of hydrogen-bond donors (Lipinski definition) is 0. The maximum Gasteiger partial charge on any atom is 0.226 e. The van der Waals surface area contributed by atoms with E-state index in [1.807, 2.05) is 24.1 Å². The summed E-state index contributed by atoms with van der Waals surface area (Å²) in [6.07, 6.45) is 7.09. The van der Waals surface area contributed by atoms with Crippen molar-refractivity contribution >= 4 is 5.91 Å². The number of nitrogens with zero attached hydrogens (tertiary/aromatic N) is 3. The van der Waals surface area contributed by atoms with Crippen LogP contribution in [0, 0.1) is 12.8 Å². The third kappa shape index (κ3) is 2.67. The molecule has 0 bridgehead atoms. The smallest absolute Gasteiger partial charge is 0.226 e. The zero-order chi connectivity index (χ0) is 16.0. The summed E-state index contributed by atoms with van der Waals surface area (Å²) in [7, 11) is 1.93. The summed E-state index contributed by atoms with van der Waals surface area (Å²) >= 11 is 0. The van der Waals surface area contributed by atoms with Crippen LogP contribution in [0.1, 0.15) is 47.9 Å². The molecule has 2 fully saturated rings. The first-order valence-corrected chi connectivity index (χ1v) is 8.49. The maximum atomic E-state index is 13.0. The molecule has 4 heteroatoms. The molecule has 0 radical (unpaired) electrons. The largest absolute Gasteiger partial charge is 0.335 e. The summed E-state index contributed by atoms with van der Waals surface area (Å²) in [5.41, 5.74) is 3.77. The molecule has 4 nitrogen and oxygen atoms in total. The van der Waals surface area contributed by atoms with Crippen LogP contribution in [0.2, 0.25) is 0 Å². The van der Waals surface area contributed by atoms with Gasteiger partial charge in [-0.15, -0.1) is 0 Å². The number of hydrogen-bond acceptors (Lipinski definition) is 2. The fourth-order valence-electron chi connectivity index (χ4n) is 3.94. The Hall–Kier alpha value is -2.10. The van der Waals surface area contributed by atoms with Crippen molar-refractivity contribution in [1.29, 1.82) is 0 Å². The molecule has 0 N–H and O–H groups in total. The van der Waals surface area contributed by atoms with Gasteiger partial charge in [-0.1, -0.05) is 29.8 Å². The van der Waals surface area contributed by atoms with E-state index < -0.39 is 0 Å². The second kappa shape index (κ2) is 5.52. The number of aryl methyl sites for hydroxylation is 2. The molecule has 2 heterocycles. The zero-order valence-corrected chi connectivity index (χ0v) is 13.8. The molecular formula is C19H23N3O. The molecule has 1 aromatic heterocycles. The van der Waals surface area contributed by atoms with Gasteiger partial charge >= 0.3 is 0 Å². The number of likely N-dealkylation sites (tertiary alicyclic amines) is 1. The first kappa shape index (κ1) is 14.5. The number of rotatable bonds is 3. The number of aromatic nitrogens is 2. The Morgan fingerprint density at radius 1 is 1.30 bits per heavy atom. The van der Waals surface area contributed by atoms with Crippen molar-refractivity contribution < 1.29 is 4.79 Å². The van der Waals surface area contributed by atoms with E-state index in [4.69, 9.17) is 0 Å². The van der Waals surface area contributed by atoms with Crippen molar-refractivity contribution in [1.82, 2.24) is 14.7 Å². The molecular weight excluding hydrogens is 286 g/mol. The van der Waals surface area contributed by atoms with Gasteiger partial charge in [0.05, 0.1) is 12.2 Å². The molecule has 1 aliphatic carbocycles. The van der Waals surface area contributed by atoms with Gasteiger partial charge in [-0.3, -0.25) is 9.48 Å². The molecule has 1 aliphatic heterocycles. The Labute approximate surface area is 137 Å². The van der Waals surface area contributed by atoms with Crippen LogP contribution in [0.3, 0.4) is 0 Å². The summed E-state index contributed by atoms with van der Waals surface area (Å²) in [4.78, 5) is 15.1. The van der Waals surface area contributed by atoms with Crippen molar-refractivity contribution in [2.45, 2.75) is 38.1 Å². The number of amides is 1. The molecule has 4 rings (SSSR count). The lowest BCUT2D eigenvalue weighted by atomic mass is 10.1. The molecule has 1 amide bonds. The van der Waals surface area contributed by atoms with Gasteiger partial charge in [-0.2, -0.15) is 5.10 Å². The predicted molar refractivity (Wildman–Crippen MR) is 88.9 cm³/mol.